The van der Waals surface area contributed by atoms with Crippen molar-refractivity contribution < 1.29 is 23.9 Å². The summed E-state index contributed by atoms with van der Waals surface area (Å²) in [5.41, 5.74) is 0.888. The molecule has 0 aromatic heterocycles. The zero-order chi connectivity index (χ0) is 21.2. The zero-order valence-corrected chi connectivity index (χ0v) is 17.9. The van der Waals surface area contributed by atoms with Gasteiger partial charge in [-0.2, -0.15) is 12.6 Å². The Balaban J connectivity index is 1.79. The van der Waals surface area contributed by atoms with Gasteiger partial charge in [0.2, 0.25) is 5.91 Å². The maximum absolute atomic E-state index is 12.6. The van der Waals surface area contributed by atoms with Crippen LogP contribution in [-0.2, 0) is 25.7 Å². The van der Waals surface area contributed by atoms with E-state index in [1.54, 1.807) is 6.92 Å². The van der Waals surface area contributed by atoms with E-state index in [9.17, 15) is 14.4 Å². The quantitative estimate of drug-likeness (QED) is 0.472. The monoisotopic (exact) mass is 422 g/mol. The SMILES string of the molecule is CCOC(=O)C[C@@H](C)CCNC(=O)[C@@H]1C[C@@H](S)CN1C(=O)OCc1ccccc1. The molecule has 0 radical (unpaired) electrons. The third kappa shape index (κ3) is 7.61. The highest BCUT2D eigenvalue weighted by atomic mass is 32.1. The minimum absolute atomic E-state index is 0.0715. The molecule has 0 spiro atoms. The Labute approximate surface area is 177 Å². The van der Waals surface area contributed by atoms with Crippen LogP contribution in [0.1, 0.15) is 38.7 Å². The van der Waals surface area contributed by atoms with E-state index in [0.29, 0.717) is 39.0 Å². The standard InChI is InChI=1S/C21H30N2O5S/c1-3-27-19(24)11-15(2)9-10-22-20(25)18-12-17(29)13-23(18)21(26)28-14-16-7-5-4-6-8-16/h4-8,15,17-18,29H,3,9-14H2,1-2H3,(H,22,25)/t15-,17+,18-/m0/s1. The molecule has 1 fully saturated rings. The van der Waals surface area contributed by atoms with E-state index in [1.807, 2.05) is 37.3 Å². The molecule has 1 saturated heterocycles. The second-order valence-electron chi connectivity index (χ2n) is 7.29. The van der Waals surface area contributed by atoms with Gasteiger partial charge >= 0.3 is 12.1 Å². The van der Waals surface area contributed by atoms with Crippen LogP contribution in [0, 0.1) is 5.92 Å². The van der Waals surface area contributed by atoms with Crippen LogP contribution >= 0.6 is 12.6 Å². The fourth-order valence-corrected chi connectivity index (χ4v) is 3.61. The first-order valence-corrected chi connectivity index (χ1v) is 10.5. The van der Waals surface area contributed by atoms with E-state index in [2.05, 4.69) is 17.9 Å². The number of benzene rings is 1. The molecule has 7 nitrogen and oxygen atoms in total. The third-order valence-electron chi connectivity index (χ3n) is 4.78. The van der Waals surface area contributed by atoms with Crippen LogP contribution in [0.4, 0.5) is 4.79 Å². The lowest BCUT2D eigenvalue weighted by Gasteiger charge is -2.23. The molecule has 1 aromatic rings. The Morgan fingerprint density at radius 1 is 1.24 bits per heavy atom. The summed E-state index contributed by atoms with van der Waals surface area (Å²) in [5.74, 6) is -0.351. The number of amides is 2. The maximum Gasteiger partial charge on any atom is 0.410 e. The van der Waals surface area contributed by atoms with E-state index in [-0.39, 0.29) is 29.7 Å². The fourth-order valence-electron chi connectivity index (χ4n) is 3.23. The number of hydrogen-bond donors (Lipinski definition) is 2. The molecule has 160 valence electrons. The highest BCUT2D eigenvalue weighted by Crippen LogP contribution is 2.23. The number of hydrogen-bond acceptors (Lipinski definition) is 6. The molecule has 0 bridgehead atoms. The Morgan fingerprint density at radius 3 is 2.66 bits per heavy atom. The second-order valence-corrected chi connectivity index (χ2v) is 8.02. The molecular formula is C21H30N2O5S. The lowest BCUT2D eigenvalue weighted by atomic mass is 10.0. The van der Waals surface area contributed by atoms with Crippen molar-refractivity contribution in [3.8, 4) is 0 Å². The van der Waals surface area contributed by atoms with Crippen molar-refractivity contribution in [3.63, 3.8) is 0 Å². The average Bonchev–Trinajstić information content (AvgIpc) is 3.09. The first-order valence-electron chi connectivity index (χ1n) is 9.99. The summed E-state index contributed by atoms with van der Waals surface area (Å²) in [6.45, 7) is 5.04. The van der Waals surface area contributed by atoms with Crippen molar-refractivity contribution in [2.75, 3.05) is 19.7 Å². The van der Waals surface area contributed by atoms with Crippen molar-refractivity contribution in [2.45, 2.75) is 51.0 Å². The van der Waals surface area contributed by atoms with Crippen molar-refractivity contribution in [1.82, 2.24) is 10.2 Å². The molecule has 29 heavy (non-hydrogen) atoms. The summed E-state index contributed by atoms with van der Waals surface area (Å²) in [4.78, 5) is 38.0. The van der Waals surface area contributed by atoms with Crippen LogP contribution in [0.2, 0.25) is 0 Å². The summed E-state index contributed by atoms with van der Waals surface area (Å²) in [5, 5.41) is 2.79. The van der Waals surface area contributed by atoms with Gasteiger partial charge in [-0.3, -0.25) is 14.5 Å². The number of ether oxygens (including phenoxy) is 2. The molecule has 1 aliphatic heterocycles. The number of thiol groups is 1. The molecular weight excluding hydrogens is 392 g/mol. The predicted molar refractivity (Wildman–Crippen MR) is 113 cm³/mol. The number of rotatable bonds is 9. The average molecular weight is 423 g/mol. The van der Waals surface area contributed by atoms with Gasteiger partial charge in [-0.05, 0) is 31.2 Å². The van der Waals surface area contributed by atoms with Crippen molar-refractivity contribution in [2.24, 2.45) is 5.92 Å². The predicted octanol–water partition coefficient (Wildman–Crippen LogP) is 2.79. The van der Waals surface area contributed by atoms with Crippen molar-refractivity contribution >= 4 is 30.6 Å². The topological polar surface area (TPSA) is 84.9 Å². The Hall–Kier alpha value is -2.22. The summed E-state index contributed by atoms with van der Waals surface area (Å²) in [6.07, 6.45) is 0.943. The molecule has 0 aliphatic carbocycles. The minimum Gasteiger partial charge on any atom is -0.466 e. The van der Waals surface area contributed by atoms with Crippen molar-refractivity contribution in [1.29, 1.82) is 0 Å². The number of nitrogens with one attached hydrogen (secondary N) is 1. The van der Waals surface area contributed by atoms with Gasteiger partial charge in [0, 0.05) is 24.8 Å². The number of carbonyl (C=O) groups excluding carboxylic acids is 3. The fraction of sp³-hybridized carbons (Fsp3) is 0.571. The lowest BCUT2D eigenvalue weighted by Crippen LogP contribution is -2.46. The van der Waals surface area contributed by atoms with E-state index in [1.165, 1.54) is 4.90 Å². The van der Waals surface area contributed by atoms with Crippen LogP contribution in [-0.4, -0.2) is 53.9 Å². The van der Waals surface area contributed by atoms with Crippen LogP contribution in [0.25, 0.3) is 0 Å². The minimum atomic E-state index is -0.596. The first-order chi connectivity index (χ1) is 13.9. The van der Waals surface area contributed by atoms with E-state index in [0.717, 1.165) is 5.56 Å². The van der Waals surface area contributed by atoms with Gasteiger partial charge in [0.15, 0.2) is 0 Å². The molecule has 1 aliphatic rings. The molecule has 1 N–H and O–H groups in total. The van der Waals surface area contributed by atoms with E-state index in [4.69, 9.17) is 9.47 Å². The highest BCUT2D eigenvalue weighted by Gasteiger charge is 2.39. The van der Waals surface area contributed by atoms with Gasteiger partial charge in [-0.15, -0.1) is 0 Å². The lowest BCUT2D eigenvalue weighted by molar-refractivity contribution is -0.144. The summed E-state index contributed by atoms with van der Waals surface area (Å²) in [7, 11) is 0. The van der Waals surface area contributed by atoms with Crippen LogP contribution in [0.3, 0.4) is 0 Å². The van der Waals surface area contributed by atoms with Crippen LogP contribution in [0.15, 0.2) is 30.3 Å². The second kappa shape index (κ2) is 11.7. The Morgan fingerprint density at radius 2 is 1.97 bits per heavy atom. The molecule has 2 rings (SSSR count). The highest BCUT2D eigenvalue weighted by molar-refractivity contribution is 7.81. The first kappa shape index (κ1) is 23.1. The molecule has 3 atom stereocenters. The summed E-state index contributed by atoms with van der Waals surface area (Å²) in [6, 6.07) is 8.80. The smallest absolute Gasteiger partial charge is 0.410 e. The van der Waals surface area contributed by atoms with Gasteiger partial charge in [0.1, 0.15) is 12.6 Å². The van der Waals surface area contributed by atoms with Gasteiger partial charge in [0.05, 0.1) is 6.61 Å². The Bertz CT molecular complexity index is 685. The zero-order valence-electron chi connectivity index (χ0n) is 17.0. The van der Waals surface area contributed by atoms with Gasteiger partial charge in [-0.25, -0.2) is 4.79 Å². The third-order valence-corrected chi connectivity index (χ3v) is 5.15. The molecule has 0 saturated carbocycles. The molecule has 8 heteroatoms. The van der Waals surface area contributed by atoms with Gasteiger partial charge < -0.3 is 14.8 Å². The summed E-state index contributed by atoms with van der Waals surface area (Å²) < 4.78 is 10.3. The van der Waals surface area contributed by atoms with E-state index < -0.39 is 12.1 Å². The number of esters is 1. The van der Waals surface area contributed by atoms with Crippen LogP contribution < -0.4 is 5.32 Å². The number of likely N-dealkylation sites (tertiary alicyclic amines) is 1. The van der Waals surface area contributed by atoms with Crippen molar-refractivity contribution in [3.05, 3.63) is 35.9 Å². The number of nitrogens with zero attached hydrogens (tertiary/aromatic N) is 1. The van der Waals surface area contributed by atoms with Gasteiger partial charge in [0.25, 0.3) is 0 Å². The molecule has 2 amide bonds. The number of carbonyl (C=O) groups is 3. The van der Waals surface area contributed by atoms with Gasteiger partial charge in [-0.1, -0.05) is 37.3 Å². The van der Waals surface area contributed by atoms with E-state index >= 15 is 0 Å². The molecule has 1 aromatic carbocycles. The molecule has 1 heterocycles. The maximum atomic E-state index is 12.6. The normalized spacial score (nSPS) is 19.5. The summed E-state index contributed by atoms with van der Waals surface area (Å²) >= 11 is 4.44. The molecule has 0 unspecified atom stereocenters. The van der Waals surface area contributed by atoms with Crippen LogP contribution in [0.5, 0.6) is 0 Å². The Kier molecular flexibility index (Phi) is 9.31. The largest absolute Gasteiger partial charge is 0.466 e.